The summed E-state index contributed by atoms with van der Waals surface area (Å²) in [5, 5.41) is 2.98. The maximum Gasteiger partial charge on any atom is 0.262 e. The van der Waals surface area contributed by atoms with Crippen LogP contribution in [0.4, 0.5) is 5.69 Å². The fourth-order valence-corrected chi connectivity index (χ4v) is 3.21. The summed E-state index contributed by atoms with van der Waals surface area (Å²) in [5.74, 6) is 1.03. The maximum absolute atomic E-state index is 12.3. The quantitative estimate of drug-likeness (QED) is 0.629. The van der Waals surface area contributed by atoms with E-state index in [1.807, 2.05) is 31.2 Å². The Morgan fingerprint density at radius 2 is 2.00 bits per heavy atom. The lowest BCUT2D eigenvalue weighted by molar-refractivity contribution is -0.118. The highest BCUT2D eigenvalue weighted by atomic mass is 79.9. The lowest BCUT2D eigenvalue weighted by Gasteiger charge is -2.15. The van der Waals surface area contributed by atoms with Crippen LogP contribution in [0.5, 0.6) is 5.75 Å². The minimum atomic E-state index is -0.151. The molecule has 0 aliphatic rings. The van der Waals surface area contributed by atoms with Crippen LogP contribution < -0.4 is 10.1 Å². The first-order chi connectivity index (χ1) is 12.0. The zero-order valence-corrected chi connectivity index (χ0v) is 16.9. The number of amides is 1. The molecule has 0 spiro atoms. The van der Waals surface area contributed by atoms with Crippen LogP contribution in [0, 0.1) is 6.92 Å². The molecule has 25 heavy (non-hydrogen) atoms. The summed E-state index contributed by atoms with van der Waals surface area (Å²) in [6.45, 7) is 8.43. The molecule has 1 amide bonds. The number of hydrogen-bond acceptors (Lipinski definition) is 2. The van der Waals surface area contributed by atoms with Gasteiger partial charge < -0.3 is 10.1 Å². The molecule has 0 aliphatic heterocycles. The molecule has 134 valence electrons. The molecular formula is C21H26BrNO2. The Labute approximate surface area is 158 Å². The lowest BCUT2D eigenvalue weighted by atomic mass is 9.99. The SMILES string of the molecule is CCc1cccc(C)c1NC(=O)COc1ccc(C(C)CC)cc1Br. The van der Waals surface area contributed by atoms with E-state index in [2.05, 4.69) is 54.2 Å². The number of benzene rings is 2. The van der Waals surface area contributed by atoms with Gasteiger partial charge in [-0.3, -0.25) is 4.79 Å². The van der Waals surface area contributed by atoms with Crippen LogP contribution in [0.2, 0.25) is 0 Å². The minimum absolute atomic E-state index is 0.0151. The third kappa shape index (κ3) is 5.08. The predicted octanol–water partition coefficient (Wildman–Crippen LogP) is 5.85. The van der Waals surface area contributed by atoms with Gasteiger partial charge in [0.25, 0.3) is 5.91 Å². The summed E-state index contributed by atoms with van der Waals surface area (Å²) >= 11 is 3.54. The third-order valence-electron chi connectivity index (χ3n) is 4.50. The van der Waals surface area contributed by atoms with Crippen molar-refractivity contribution in [2.45, 2.75) is 46.5 Å². The summed E-state index contributed by atoms with van der Waals surface area (Å²) in [4.78, 5) is 12.3. The molecular weight excluding hydrogens is 378 g/mol. The average molecular weight is 404 g/mol. The van der Waals surface area contributed by atoms with Gasteiger partial charge in [-0.05, 0) is 70.4 Å². The van der Waals surface area contributed by atoms with Crippen molar-refractivity contribution in [1.82, 2.24) is 0 Å². The van der Waals surface area contributed by atoms with Gasteiger partial charge in [0.15, 0.2) is 6.61 Å². The highest BCUT2D eigenvalue weighted by Gasteiger charge is 2.11. The van der Waals surface area contributed by atoms with Crippen molar-refractivity contribution in [3.63, 3.8) is 0 Å². The van der Waals surface area contributed by atoms with Crippen LogP contribution in [0.1, 0.15) is 49.8 Å². The molecule has 2 aromatic rings. The molecule has 0 fully saturated rings. The molecule has 0 aromatic heterocycles. The number of aryl methyl sites for hydroxylation is 2. The Morgan fingerprint density at radius 3 is 2.64 bits per heavy atom. The van der Waals surface area contributed by atoms with E-state index in [0.717, 1.165) is 34.1 Å². The molecule has 0 aliphatic carbocycles. The van der Waals surface area contributed by atoms with Crippen molar-refractivity contribution in [2.75, 3.05) is 11.9 Å². The number of para-hydroxylation sites is 1. The number of hydrogen-bond donors (Lipinski definition) is 1. The Bertz CT molecular complexity index is 743. The Balaban J connectivity index is 2.01. The van der Waals surface area contributed by atoms with Crippen LogP contribution in [-0.4, -0.2) is 12.5 Å². The van der Waals surface area contributed by atoms with Gasteiger partial charge in [0, 0.05) is 5.69 Å². The van der Waals surface area contributed by atoms with Gasteiger partial charge in [-0.25, -0.2) is 0 Å². The van der Waals surface area contributed by atoms with E-state index in [4.69, 9.17) is 4.74 Å². The molecule has 0 heterocycles. The fraction of sp³-hybridized carbons (Fsp3) is 0.381. The number of rotatable bonds is 7. The van der Waals surface area contributed by atoms with Crippen LogP contribution in [0.3, 0.4) is 0 Å². The van der Waals surface area contributed by atoms with E-state index in [1.165, 1.54) is 5.56 Å². The largest absolute Gasteiger partial charge is 0.483 e. The number of carbonyl (C=O) groups is 1. The van der Waals surface area contributed by atoms with Crippen LogP contribution >= 0.6 is 15.9 Å². The fourth-order valence-electron chi connectivity index (χ4n) is 2.70. The molecule has 2 rings (SSSR count). The van der Waals surface area contributed by atoms with E-state index in [1.54, 1.807) is 0 Å². The molecule has 1 N–H and O–H groups in total. The monoisotopic (exact) mass is 403 g/mol. The van der Waals surface area contributed by atoms with Crippen molar-refractivity contribution in [3.05, 3.63) is 57.6 Å². The third-order valence-corrected chi connectivity index (χ3v) is 5.12. The van der Waals surface area contributed by atoms with Crippen molar-refractivity contribution in [3.8, 4) is 5.75 Å². The predicted molar refractivity (Wildman–Crippen MR) is 108 cm³/mol. The molecule has 1 atom stereocenters. The number of nitrogens with one attached hydrogen (secondary N) is 1. The molecule has 3 nitrogen and oxygen atoms in total. The van der Waals surface area contributed by atoms with E-state index >= 15 is 0 Å². The number of ether oxygens (including phenoxy) is 1. The highest BCUT2D eigenvalue weighted by molar-refractivity contribution is 9.10. The van der Waals surface area contributed by atoms with E-state index in [9.17, 15) is 4.79 Å². The average Bonchev–Trinajstić information content (AvgIpc) is 2.61. The van der Waals surface area contributed by atoms with Crippen molar-refractivity contribution in [2.24, 2.45) is 0 Å². The number of halogens is 1. The topological polar surface area (TPSA) is 38.3 Å². The first kappa shape index (κ1) is 19.5. The molecule has 0 saturated carbocycles. The van der Waals surface area contributed by atoms with Gasteiger partial charge in [0.2, 0.25) is 0 Å². The second-order valence-electron chi connectivity index (χ2n) is 6.30. The van der Waals surface area contributed by atoms with Crippen LogP contribution in [0.25, 0.3) is 0 Å². The Kier molecular flexibility index (Phi) is 7.06. The van der Waals surface area contributed by atoms with Gasteiger partial charge in [-0.15, -0.1) is 0 Å². The van der Waals surface area contributed by atoms with Gasteiger partial charge in [-0.2, -0.15) is 0 Å². The summed E-state index contributed by atoms with van der Waals surface area (Å²) in [5.41, 5.74) is 4.35. The van der Waals surface area contributed by atoms with Crippen LogP contribution in [0.15, 0.2) is 40.9 Å². The minimum Gasteiger partial charge on any atom is -0.483 e. The summed E-state index contributed by atoms with van der Waals surface area (Å²) in [6.07, 6.45) is 1.96. The van der Waals surface area contributed by atoms with Gasteiger partial charge in [0.05, 0.1) is 4.47 Å². The second kappa shape index (κ2) is 9.04. The van der Waals surface area contributed by atoms with E-state index < -0.39 is 0 Å². The molecule has 0 radical (unpaired) electrons. The standard InChI is InChI=1S/C21H26BrNO2/c1-5-14(3)17-10-11-19(18(22)12-17)25-13-20(24)23-21-15(4)8-7-9-16(21)6-2/h7-12,14H,5-6,13H2,1-4H3,(H,23,24). The Hall–Kier alpha value is -1.81. The van der Waals surface area contributed by atoms with E-state index in [-0.39, 0.29) is 12.5 Å². The first-order valence-electron chi connectivity index (χ1n) is 8.76. The molecule has 2 aromatic carbocycles. The number of anilines is 1. The summed E-state index contributed by atoms with van der Waals surface area (Å²) in [6, 6.07) is 12.1. The molecule has 0 bridgehead atoms. The van der Waals surface area contributed by atoms with Crippen molar-refractivity contribution < 1.29 is 9.53 Å². The van der Waals surface area contributed by atoms with E-state index in [0.29, 0.717) is 11.7 Å². The van der Waals surface area contributed by atoms with Crippen molar-refractivity contribution in [1.29, 1.82) is 0 Å². The zero-order chi connectivity index (χ0) is 18.4. The normalized spacial score (nSPS) is 11.9. The van der Waals surface area contributed by atoms with Gasteiger partial charge >= 0.3 is 0 Å². The highest BCUT2D eigenvalue weighted by Crippen LogP contribution is 2.30. The second-order valence-corrected chi connectivity index (χ2v) is 7.15. The van der Waals surface area contributed by atoms with Crippen LogP contribution in [-0.2, 0) is 11.2 Å². The first-order valence-corrected chi connectivity index (χ1v) is 9.56. The van der Waals surface area contributed by atoms with Gasteiger partial charge in [-0.1, -0.05) is 45.0 Å². The maximum atomic E-state index is 12.3. The Morgan fingerprint density at radius 1 is 1.24 bits per heavy atom. The van der Waals surface area contributed by atoms with Gasteiger partial charge in [0.1, 0.15) is 5.75 Å². The smallest absolute Gasteiger partial charge is 0.262 e. The lowest BCUT2D eigenvalue weighted by Crippen LogP contribution is -2.21. The van der Waals surface area contributed by atoms with Crippen molar-refractivity contribution >= 4 is 27.5 Å². The number of carbonyl (C=O) groups excluding carboxylic acids is 1. The molecule has 0 saturated heterocycles. The zero-order valence-electron chi connectivity index (χ0n) is 15.4. The molecule has 1 unspecified atom stereocenters. The molecule has 4 heteroatoms. The summed E-state index contributed by atoms with van der Waals surface area (Å²) < 4.78 is 6.57. The summed E-state index contributed by atoms with van der Waals surface area (Å²) in [7, 11) is 0.